The van der Waals surface area contributed by atoms with Gasteiger partial charge in [0.05, 0.1) is 6.54 Å². The summed E-state index contributed by atoms with van der Waals surface area (Å²) in [6.07, 6.45) is 1.97. The smallest absolute Gasteiger partial charge is 0.320 e. The van der Waals surface area contributed by atoms with Gasteiger partial charge in [-0.2, -0.15) is 0 Å². The van der Waals surface area contributed by atoms with Crippen molar-refractivity contribution in [3.05, 3.63) is 0 Å². The molecule has 0 bridgehead atoms. The van der Waals surface area contributed by atoms with E-state index in [1.807, 2.05) is 20.8 Å². The summed E-state index contributed by atoms with van der Waals surface area (Å²) < 4.78 is 5.11. The van der Waals surface area contributed by atoms with Crippen LogP contribution >= 0.6 is 0 Å². The van der Waals surface area contributed by atoms with Crippen molar-refractivity contribution in [2.45, 2.75) is 45.6 Å². The third-order valence-electron chi connectivity index (χ3n) is 1.72. The molecule has 5 nitrogen and oxygen atoms in total. The Morgan fingerprint density at radius 3 is 2.38 bits per heavy atom. The Labute approximate surface area is 96.7 Å². The van der Waals surface area contributed by atoms with Gasteiger partial charge in [-0.1, -0.05) is 0 Å². The van der Waals surface area contributed by atoms with Gasteiger partial charge in [0.2, 0.25) is 5.91 Å². The molecule has 0 atom stereocenters. The number of hydrogen-bond donors (Lipinski definition) is 2. The number of esters is 1. The quantitative estimate of drug-likeness (QED) is 0.495. The molecule has 94 valence electrons. The van der Waals surface area contributed by atoms with E-state index in [9.17, 15) is 9.59 Å². The topological polar surface area (TPSA) is 81.4 Å². The van der Waals surface area contributed by atoms with Crippen LogP contribution in [0.2, 0.25) is 0 Å². The molecule has 0 aliphatic carbocycles. The lowest BCUT2D eigenvalue weighted by Crippen LogP contribution is -2.31. The maximum atomic E-state index is 11.2. The molecule has 0 aliphatic rings. The van der Waals surface area contributed by atoms with E-state index in [2.05, 4.69) is 5.32 Å². The first-order chi connectivity index (χ1) is 7.31. The number of amides is 1. The molecule has 0 saturated carbocycles. The van der Waals surface area contributed by atoms with Crippen molar-refractivity contribution >= 4 is 11.9 Å². The van der Waals surface area contributed by atoms with Crippen LogP contribution in [-0.4, -0.2) is 30.6 Å². The molecule has 5 heteroatoms. The molecule has 0 saturated heterocycles. The molecule has 1 amide bonds. The molecule has 0 spiro atoms. The van der Waals surface area contributed by atoms with E-state index < -0.39 is 5.60 Å². The Hall–Kier alpha value is -1.10. The van der Waals surface area contributed by atoms with Gasteiger partial charge in [0.15, 0.2) is 0 Å². The maximum absolute atomic E-state index is 11.2. The van der Waals surface area contributed by atoms with Gasteiger partial charge in [0, 0.05) is 6.42 Å². The van der Waals surface area contributed by atoms with Crippen LogP contribution in [0.3, 0.4) is 0 Å². The molecule has 16 heavy (non-hydrogen) atoms. The van der Waals surface area contributed by atoms with Crippen molar-refractivity contribution in [3.8, 4) is 0 Å². The molecule has 0 aromatic heterocycles. The van der Waals surface area contributed by atoms with Crippen LogP contribution in [0.5, 0.6) is 0 Å². The summed E-state index contributed by atoms with van der Waals surface area (Å²) >= 11 is 0. The van der Waals surface area contributed by atoms with E-state index in [0.717, 1.165) is 12.8 Å². The summed E-state index contributed by atoms with van der Waals surface area (Å²) in [4.78, 5) is 21.7. The maximum Gasteiger partial charge on any atom is 0.320 e. The predicted octanol–water partition coefficient (Wildman–Crippen LogP) is 0.573. The van der Waals surface area contributed by atoms with Crippen molar-refractivity contribution in [3.63, 3.8) is 0 Å². The highest BCUT2D eigenvalue weighted by atomic mass is 16.6. The largest absolute Gasteiger partial charge is 0.459 e. The first-order valence-corrected chi connectivity index (χ1v) is 5.52. The molecular formula is C11H22N2O3. The van der Waals surface area contributed by atoms with Gasteiger partial charge in [-0.15, -0.1) is 0 Å². The van der Waals surface area contributed by atoms with Gasteiger partial charge in [-0.05, 0) is 40.2 Å². The molecule has 0 rings (SSSR count). The fourth-order valence-corrected chi connectivity index (χ4v) is 1.12. The second kappa shape index (κ2) is 7.22. The molecule has 0 heterocycles. The minimum absolute atomic E-state index is 0.202. The molecule has 0 unspecified atom stereocenters. The van der Waals surface area contributed by atoms with Crippen LogP contribution in [0.15, 0.2) is 0 Å². The van der Waals surface area contributed by atoms with E-state index in [1.54, 1.807) is 0 Å². The highest BCUT2D eigenvalue weighted by molar-refractivity contribution is 5.73. The number of ether oxygens (including phenoxy) is 1. The van der Waals surface area contributed by atoms with E-state index in [1.165, 1.54) is 0 Å². The predicted molar refractivity (Wildman–Crippen MR) is 61.8 cm³/mol. The highest BCUT2D eigenvalue weighted by Gasteiger charge is 2.15. The number of carbonyl (C=O) groups is 2. The number of primary amides is 1. The molecule has 0 aliphatic heterocycles. The van der Waals surface area contributed by atoms with Gasteiger partial charge >= 0.3 is 5.97 Å². The van der Waals surface area contributed by atoms with Crippen LogP contribution < -0.4 is 11.1 Å². The monoisotopic (exact) mass is 230 g/mol. The molecule has 0 fully saturated rings. The molecule has 0 aromatic carbocycles. The zero-order valence-electron chi connectivity index (χ0n) is 10.3. The number of rotatable bonds is 7. The van der Waals surface area contributed by atoms with E-state index in [0.29, 0.717) is 13.0 Å². The van der Waals surface area contributed by atoms with Crippen molar-refractivity contribution in [1.82, 2.24) is 5.32 Å². The van der Waals surface area contributed by atoms with E-state index in [4.69, 9.17) is 10.5 Å². The van der Waals surface area contributed by atoms with E-state index >= 15 is 0 Å². The fraction of sp³-hybridized carbons (Fsp3) is 0.818. The second-order valence-electron chi connectivity index (χ2n) is 4.69. The summed E-state index contributed by atoms with van der Waals surface area (Å²) in [5.41, 5.74) is 4.55. The van der Waals surface area contributed by atoms with Crippen LogP contribution in [0, 0.1) is 0 Å². The van der Waals surface area contributed by atoms with E-state index in [-0.39, 0.29) is 18.4 Å². The van der Waals surface area contributed by atoms with Crippen LogP contribution in [0.25, 0.3) is 0 Å². The Balaban J connectivity index is 3.38. The third-order valence-corrected chi connectivity index (χ3v) is 1.72. The van der Waals surface area contributed by atoms with Gasteiger partial charge in [0.25, 0.3) is 0 Å². The lowest BCUT2D eigenvalue weighted by molar-refractivity contribution is -0.153. The first-order valence-electron chi connectivity index (χ1n) is 5.52. The summed E-state index contributed by atoms with van der Waals surface area (Å²) in [7, 11) is 0. The van der Waals surface area contributed by atoms with Crippen molar-refractivity contribution in [2.24, 2.45) is 5.73 Å². The van der Waals surface area contributed by atoms with Gasteiger partial charge < -0.3 is 15.8 Å². The molecule has 3 N–H and O–H groups in total. The average molecular weight is 230 g/mol. The number of carbonyl (C=O) groups excluding carboxylic acids is 2. The van der Waals surface area contributed by atoms with Gasteiger partial charge in [-0.3, -0.25) is 9.59 Å². The summed E-state index contributed by atoms with van der Waals surface area (Å²) in [6, 6.07) is 0. The van der Waals surface area contributed by atoms with Crippen molar-refractivity contribution in [2.75, 3.05) is 13.1 Å². The van der Waals surface area contributed by atoms with Gasteiger partial charge in [-0.25, -0.2) is 0 Å². The minimum atomic E-state index is -0.440. The summed E-state index contributed by atoms with van der Waals surface area (Å²) in [5, 5.41) is 2.95. The van der Waals surface area contributed by atoms with Crippen LogP contribution in [-0.2, 0) is 14.3 Å². The fourth-order valence-electron chi connectivity index (χ4n) is 1.12. The number of nitrogens with two attached hydrogens (primary N) is 1. The number of hydrogen-bond acceptors (Lipinski definition) is 4. The Morgan fingerprint density at radius 1 is 1.25 bits per heavy atom. The van der Waals surface area contributed by atoms with Crippen LogP contribution in [0.4, 0.5) is 0 Å². The van der Waals surface area contributed by atoms with Crippen molar-refractivity contribution < 1.29 is 14.3 Å². The van der Waals surface area contributed by atoms with Crippen molar-refractivity contribution in [1.29, 1.82) is 0 Å². The van der Waals surface area contributed by atoms with Crippen LogP contribution in [0.1, 0.15) is 40.0 Å². The normalized spacial score (nSPS) is 11.2. The summed E-state index contributed by atoms with van der Waals surface area (Å²) in [6.45, 7) is 6.38. The SMILES string of the molecule is CC(C)(C)OC(=O)CNCCCCC(N)=O. The number of nitrogens with one attached hydrogen (secondary N) is 1. The van der Waals surface area contributed by atoms with Gasteiger partial charge in [0.1, 0.15) is 5.60 Å². The lowest BCUT2D eigenvalue weighted by Gasteiger charge is -2.19. The third kappa shape index (κ3) is 11.0. The Bertz CT molecular complexity index is 234. The number of unbranched alkanes of at least 4 members (excludes halogenated alkanes) is 1. The second-order valence-corrected chi connectivity index (χ2v) is 4.69. The highest BCUT2D eigenvalue weighted by Crippen LogP contribution is 2.06. The Morgan fingerprint density at radius 2 is 1.88 bits per heavy atom. The first kappa shape index (κ1) is 14.9. The summed E-state index contributed by atoms with van der Waals surface area (Å²) in [5.74, 6) is -0.547. The minimum Gasteiger partial charge on any atom is -0.459 e. The molecular weight excluding hydrogens is 208 g/mol. The molecule has 0 aromatic rings. The lowest BCUT2D eigenvalue weighted by atomic mass is 10.2. The molecule has 0 radical (unpaired) electrons. The standard InChI is InChI=1S/C11H22N2O3/c1-11(2,3)16-10(15)8-13-7-5-4-6-9(12)14/h13H,4-8H2,1-3H3,(H2,12,14). The zero-order valence-corrected chi connectivity index (χ0v) is 10.3. The Kier molecular flexibility index (Phi) is 6.72. The zero-order chi connectivity index (χ0) is 12.6. The average Bonchev–Trinajstić information content (AvgIpc) is 2.07.